The number of hydrogen-bond donors (Lipinski definition) is 3. The van der Waals surface area contributed by atoms with Gasteiger partial charge < -0.3 is 29.6 Å². The molecule has 11 heteroatoms. The predicted octanol–water partition coefficient (Wildman–Crippen LogP) is 4.80. The summed E-state index contributed by atoms with van der Waals surface area (Å²) in [5.41, 5.74) is 0.467. The SMILES string of the molecule is C=CCOC(=O)c1cc(NC(=O)[C@H](Cc2ccccc2)NC(=O)c2cc3occc3cc2C(=O)O)cc(C(=O)OCC=C)c1. The Morgan fingerprint density at radius 1 is 0.841 bits per heavy atom. The van der Waals surface area contributed by atoms with E-state index in [-0.39, 0.29) is 47.6 Å². The molecule has 1 aromatic heterocycles. The van der Waals surface area contributed by atoms with Crippen LogP contribution in [-0.2, 0) is 20.7 Å². The van der Waals surface area contributed by atoms with Gasteiger partial charge in [0.05, 0.1) is 28.5 Å². The number of ether oxygens (including phenoxy) is 2. The van der Waals surface area contributed by atoms with Crippen LogP contribution in [0, 0.1) is 0 Å². The lowest BCUT2D eigenvalue weighted by atomic mass is 10.0. The second-order valence-corrected chi connectivity index (χ2v) is 9.44. The van der Waals surface area contributed by atoms with Crippen molar-refractivity contribution in [2.45, 2.75) is 12.5 Å². The van der Waals surface area contributed by atoms with Crippen LogP contribution in [0.1, 0.15) is 47.0 Å². The van der Waals surface area contributed by atoms with Gasteiger partial charge in [-0.05, 0) is 42.0 Å². The van der Waals surface area contributed by atoms with Crippen molar-refractivity contribution in [2.24, 2.45) is 0 Å². The first-order valence-electron chi connectivity index (χ1n) is 13.3. The minimum absolute atomic E-state index is 0.0269. The van der Waals surface area contributed by atoms with E-state index in [2.05, 4.69) is 23.8 Å². The van der Waals surface area contributed by atoms with Gasteiger partial charge >= 0.3 is 17.9 Å². The van der Waals surface area contributed by atoms with E-state index in [0.29, 0.717) is 16.5 Å². The number of aromatic carboxylic acids is 1. The van der Waals surface area contributed by atoms with Crippen LogP contribution in [0.25, 0.3) is 11.0 Å². The number of carbonyl (C=O) groups excluding carboxylic acids is 4. The molecule has 224 valence electrons. The number of benzene rings is 3. The van der Waals surface area contributed by atoms with Crippen molar-refractivity contribution in [2.75, 3.05) is 18.5 Å². The molecular weight excluding hydrogens is 568 g/mol. The van der Waals surface area contributed by atoms with E-state index < -0.39 is 35.8 Å². The van der Waals surface area contributed by atoms with Crippen LogP contribution in [-0.4, -0.2) is 54.1 Å². The van der Waals surface area contributed by atoms with Gasteiger partial charge in [0, 0.05) is 17.5 Å². The zero-order valence-electron chi connectivity index (χ0n) is 23.4. The van der Waals surface area contributed by atoms with Gasteiger partial charge in [-0.25, -0.2) is 14.4 Å². The van der Waals surface area contributed by atoms with Crippen molar-refractivity contribution in [1.29, 1.82) is 0 Å². The van der Waals surface area contributed by atoms with E-state index in [9.17, 15) is 29.1 Å². The average Bonchev–Trinajstić information content (AvgIpc) is 3.49. The number of esters is 2. The number of fused-ring (bicyclic) bond motifs is 1. The highest BCUT2D eigenvalue weighted by atomic mass is 16.5. The topological polar surface area (TPSA) is 161 Å². The van der Waals surface area contributed by atoms with Gasteiger partial charge in [0.2, 0.25) is 5.91 Å². The maximum Gasteiger partial charge on any atom is 0.338 e. The number of hydrogen-bond acceptors (Lipinski definition) is 8. The van der Waals surface area contributed by atoms with Gasteiger partial charge in [-0.3, -0.25) is 9.59 Å². The highest BCUT2D eigenvalue weighted by Gasteiger charge is 2.26. The molecule has 3 aromatic carbocycles. The molecular formula is C33H28N2O9. The Morgan fingerprint density at radius 3 is 2.07 bits per heavy atom. The molecule has 0 saturated carbocycles. The normalized spacial score (nSPS) is 11.2. The smallest absolute Gasteiger partial charge is 0.338 e. The van der Waals surface area contributed by atoms with Gasteiger partial charge in [0.15, 0.2) is 0 Å². The third kappa shape index (κ3) is 7.65. The van der Waals surface area contributed by atoms with E-state index in [1.165, 1.54) is 48.7 Å². The number of carboxylic acids is 1. The summed E-state index contributed by atoms with van der Waals surface area (Å²) in [5, 5.41) is 15.5. The molecule has 0 aliphatic heterocycles. The van der Waals surface area contributed by atoms with Crippen LogP contribution < -0.4 is 10.6 Å². The van der Waals surface area contributed by atoms with E-state index >= 15 is 0 Å². The molecule has 44 heavy (non-hydrogen) atoms. The Labute approximate surface area is 251 Å². The standard InChI is InChI=1S/C33H28N2O9/c1-3-11-43-32(40)22-15-23(33(41)44-12-4-2)17-24(16-22)34-30(37)27(14-20-8-6-5-7-9-20)35-29(36)25-19-28-21(10-13-42-28)18-26(25)31(38)39/h3-10,13,15-19,27H,1-2,11-12,14H2,(H,34,37)(H,35,36)(H,38,39)/t27-/m0/s1. The van der Waals surface area contributed by atoms with E-state index in [1.54, 1.807) is 36.4 Å². The molecule has 0 saturated heterocycles. The number of anilines is 1. The van der Waals surface area contributed by atoms with Crippen molar-refractivity contribution < 1.29 is 43.0 Å². The first-order chi connectivity index (χ1) is 21.2. The van der Waals surface area contributed by atoms with Crippen LogP contribution >= 0.6 is 0 Å². The molecule has 0 aliphatic rings. The Bertz CT molecular complexity index is 1700. The Morgan fingerprint density at radius 2 is 1.48 bits per heavy atom. The lowest BCUT2D eigenvalue weighted by Crippen LogP contribution is -2.45. The molecule has 0 aliphatic carbocycles. The summed E-state index contributed by atoms with van der Waals surface area (Å²) in [4.78, 5) is 64.3. The number of carbonyl (C=O) groups is 5. The average molecular weight is 597 g/mol. The van der Waals surface area contributed by atoms with Crippen LogP contribution in [0.2, 0.25) is 0 Å². The van der Waals surface area contributed by atoms with Crippen molar-refractivity contribution in [3.63, 3.8) is 0 Å². The minimum Gasteiger partial charge on any atom is -0.478 e. The number of carboxylic acid groups (broad SMARTS) is 1. The maximum atomic E-state index is 13.7. The largest absolute Gasteiger partial charge is 0.478 e. The van der Waals surface area contributed by atoms with Crippen LogP contribution in [0.4, 0.5) is 5.69 Å². The molecule has 11 nitrogen and oxygen atoms in total. The third-order valence-corrected chi connectivity index (χ3v) is 6.31. The molecule has 1 heterocycles. The fourth-order valence-electron chi connectivity index (χ4n) is 4.27. The molecule has 4 rings (SSSR count). The van der Waals surface area contributed by atoms with Gasteiger partial charge in [-0.1, -0.05) is 55.6 Å². The summed E-state index contributed by atoms with van der Waals surface area (Å²) in [7, 11) is 0. The maximum absolute atomic E-state index is 13.7. The quantitative estimate of drug-likeness (QED) is 0.145. The third-order valence-electron chi connectivity index (χ3n) is 6.31. The predicted molar refractivity (Wildman–Crippen MR) is 161 cm³/mol. The molecule has 2 amide bonds. The second kappa shape index (κ2) is 14.3. The summed E-state index contributed by atoms with van der Waals surface area (Å²) < 4.78 is 15.5. The van der Waals surface area contributed by atoms with Gasteiger partial charge in [-0.2, -0.15) is 0 Å². The summed E-state index contributed by atoms with van der Waals surface area (Å²) in [6.45, 7) is 6.83. The Kier molecular flexibility index (Phi) is 10.0. The lowest BCUT2D eigenvalue weighted by molar-refractivity contribution is -0.118. The lowest BCUT2D eigenvalue weighted by Gasteiger charge is -2.20. The number of nitrogens with one attached hydrogen (secondary N) is 2. The summed E-state index contributed by atoms with van der Waals surface area (Å²) >= 11 is 0. The number of rotatable bonds is 13. The molecule has 0 radical (unpaired) electrons. The molecule has 0 spiro atoms. The van der Waals surface area contributed by atoms with Crippen molar-refractivity contribution in [1.82, 2.24) is 5.32 Å². The van der Waals surface area contributed by atoms with Crippen molar-refractivity contribution >= 4 is 46.4 Å². The highest BCUT2D eigenvalue weighted by Crippen LogP contribution is 2.23. The van der Waals surface area contributed by atoms with E-state index in [0.717, 1.165) is 0 Å². The van der Waals surface area contributed by atoms with Crippen LogP contribution in [0.3, 0.4) is 0 Å². The van der Waals surface area contributed by atoms with Gasteiger partial charge in [-0.15, -0.1) is 0 Å². The van der Waals surface area contributed by atoms with Gasteiger partial charge in [0.1, 0.15) is 24.8 Å². The van der Waals surface area contributed by atoms with Crippen molar-refractivity contribution in [3.8, 4) is 0 Å². The van der Waals surface area contributed by atoms with Crippen molar-refractivity contribution in [3.05, 3.63) is 126 Å². The molecule has 1 atom stereocenters. The molecule has 4 aromatic rings. The molecule has 0 fully saturated rings. The minimum atomic E-state index is -1.33. The summed E-state index contributed by atoms with van der Waals surface area (Å²) in [5.74, 6) is -4.42. The fraction of sp³-hybridized carbons (Fsp3) is 0.121. The number of furan rings is 1. The summed E-state index contributed by atoms with van der Waals surface area (Å²) in [6.07, 6.45) is 4.14. The zero-order chi connectivity index (χ0) is 31.6. The first-order valence-corrected chi connectivity index (χ1v) is 13.3. The van der Waals surface area contributed by atoms with Gasteiger partial charge in [0.25, 0.3) is 5.91 Å². The van der Waals surface area contributed by atoms with E-state index in [1.807, 2.05) is 0 Å². The first kappa shape index (κ1) is 31.0. The highest BCUT2D eigenvalue weighted by molar-refractivity contribution is 6.10. The Balaban J connectivity index is 1.67. The monoisotopic (exact) mass is 596 g/mol. The van der Waals surface area contributed by atoms with E-state index in [4.69, 9.17) is 13.9 Å². The molecule has 3 N–H and O–H groups in total. The van der Waals surface area contributed by atoms with Crippen LogP contribution in [0.5, 0.6) is 0 Å². The van der Waals surface area contributed by atoms with Crippen LogP contribution in [0.15, 0.2) is 103 Å². The number of amides is 2. The second-order valence-electron chi connectivity index (χ2n) is 9.44. The Hall–Kier alpha value is -5.97. The fourth-order valence-corrected chi connectivity index (χ4v) is 4.27. The molecule has 0 bridgehead atoms. The zero-order valence-corrected chi connectivity index (χ0v) is 23.4. The summed E-state index contributed by atoms with van der Waals surface area (Å²) in [6, 6.07) is 15.7. The molecule has 0 unspecified atom stereocenters.